The van der Waals surface area contributed by atoms with Gasteiger partial charge in [0.1, 0.15) is 5.75 Å². The van der Waals surface area contributed by atoms with E-state index < -0.39 is 0 Å². The van der Waals surface area contributed by atoms with E-state index in [1.54, 1.807) is 12.1 Å². The van der Waals surface area contributed by atoms with Crippen LogP contribution in [-0.4, -0.2) is 11.4 Å². The van der Waals surface area contributed by atoms with Crippen molar-refractivity contribution in [1.82, 2.24) is 0 Å². The van der Waals surface area contributed by atoms with E-state index in [9.17, 15) is 9.90 Å². The summed E-state index contributed by atoms with van der Waals surface area (Å²) in [6.45, 7) is 1.83. The quantitative estimate of drug-likeness (QED) is 0.889. The van der Waals surface area contributed by atoms with E-state index in [0.717, 1.165) is 16.7 Å². The lowest BCUT2D eigenvalue weighted by Crippen LogP contribution is -1.96. The molecule has 0 amide bonds. The highest BCUT2D eigenvalue weighted by atomic mass is 16.3. The molecule has 0 heterocycles. The summed E-state index contributed by atoms with van der Waals surface area (Å²) in [5.41, 5.74) is 2.92. The molecule has 1 radical (unpaired) electrons. The van der Waals surface area contributed by atoms with E-state index >= 15 is 0 Å². The second-order valence-electron chi connectivity index (χ2n) is 4.39. The van der Waals surface area contributed by atoms with Gasteiger partial charge in [0, 0.05) is 12.3 Å². The summed E-state index contributed by atoms with van der Waals surface area (Å²) in [4.78, 5) is 10.7. The van der Waals surface area contributed by atoms with Gasteiger partial charge < -0.3 is 5.11 Å². The third-order valence-corrected chi connectivity index (χ3v) is 3.01. The average molecular weight is 239 g/mol. The van der Waals surface area contributed by atoms with E-state index in [2.05, 4.69) is 0 Å². The summed E-state index contributed by atoms with van der Waals surface area (Å²) in [5.74, 6) is 0.0900. The Bertz CT molecular complexity index is 546. The summed E-state index contributed by atoms with van der Waals surface area (Å²) in [5, 5.41) is 9.73. The molecule has 1 unspecified atom stereocenters. The van der Waals surface area contributed by atoms with Crippen LogP contribution in [0.5, 0.6) is 5.75 Å². The zero-order chi connectivity index (χ0) is 13.0. The smallest absolute Gasteiger partial charge is 0.206 e. The molecule has 2 aromatic rings. The fraction of sp³-hybridized carbons (Fsp3) is 0.188. The number of carbonyl (C=O) groups excluding carboxylic acids is 1. The van der Waals surface area contributed by atoms with Crippen molar-refractivity contribution in [3.8, 4) is 5.75 Å². The second-order valence-corrected chi connectivity index (χ2v) is 4.39. The molecule has 2 nitrogen and oxygen atoms in total. The number of para-hydroxylation sites is 1. The van der Waals surface area contributed by atoms with Gasteiger partial charge in [-0.3, -0.25) is 4.79 Å². The fourth-order valence-electron chi connectivity index (χ4n) is 1.92. The van der Waals surface area contributed by atoms with Crippen LogP contribution in [0.4, 0.5) is 0 Å². The van der Waals surface area contributed by atoms with Crippen LogP contribution in [0.3, 0.4) is 0 Å². The Labute approximate surface area is 107 Å². The molecule has 0 aliphatic carbocycles. The summed E-state index contributed by atoms with van der Waals surface area (Å²) in [6, 6.07) is 15.1. The number of phenolic OH excluding ortho intramolecular Hbond substituents is 1. The molecule has 0 aliphatic rings. The molecule has 2 rings (SSSR count). The number of phenols is 1. The van der Waals surface area contributed by atoms with Crippen molar-refractivity contribution in [3.63, 3.8) is 0 Å². The minimum atomic E-state index is -0.214. The van der Waals surface area contributed by atoms with Gasteiger partial charge in [-0.25, -0.2) is 0 Å². The van der Waals surface area contributed by atoms with Crippen LogP contribution in [0.1, 0.15) is 29.5 Å². The molecule has 0 saturated heterocycles. The first-order chi connectivity index (χ1) is 8.70. The highest BCUT2D eigenvalue weighted by molar-refractivity contribution is 5.62. The predicted molar refractivity (Wildman–Crippen MR) is 71.5 cm³/mol. The van der Waals surface area contributed by atoms with Crippen molar-refractivity contribution in [2.45, 2.75) is 19.3 Å². The van der Waals surface area contributed by atoms with E-state index in [1.165, 1.54) is 0 Å². The Morgan fingerprint density at radius 3 is 2.67 bits per heavy atom. The second kappa shape index (κ2) is 5.50. The number of aromatic hydroxyl groups is 1. The average Bonchev–Trinajstić information content (AvgIpc) is 2.41. The first-order valence-electron chi connectivity index (χ1n) is 5.94. The first-order valence-corrected chi connectivity index (χ1v) is 5.94. The standard InChI is InChI=1S/C16H15O2/c1-12(11-17)14-7-4-5-13(9-14)10-15-6-2-3-8-16(15)18/h2-9,12,18H,10H2,1H3. The SMILES string of the molecule is CC([C]=O)c1cccc(Cc2ccccc2O)c1. The molecular weight excluding hydrogens is 224 g/mol. The van der Waals surface area contributed by atoms with Crippen LogP contribution in [0.15, 0.2) is 48.5 Å². The monoisotopic (exact) mass is 239 g/mol. The highest BCUT2D eigenvalue weighted by Crippen LogP contribution is 2.21. The van der Waals surface area contributed by atoms with Crippen molar-refractivity contribution in [2.24, 2.45) is 0 Å². The van der Waals surface area contributed by atoms with Gasteiger partial charge in [-0.2, -0.15) is 0 Å². The van der Waals surface area contributed by atoms with Crippen LogP contribution in [0.25, 0.3) is 0 Å². The van der Waals surface area contributed by atoms with Gasteiger partial charge in [0.25, 0.3) is 0 Å². The van der Waals surface area contributed by atoms with Gasteiger partial charge in [-0.05, 0) is 22.8 Å². The van der Waals surface area contributed by atoms with Gasteiger partial charge in [0.2, 0.25) is 6.29 Å². The molecule has 0 aromatic heterocycles. The summed E-state index contributed by atoms with van der Waals surface area (Å²) >= 11 is 0. The van der Waals surface area contributed by atoms with E-state index in [0.29, 0.717) is 12.2 Å². The molecule has 1 N–H and O–H groups in total. The van der Waals surface area contributed by atoms with Gasteiger partial charge >= 0.3 is 0 Å². The fourth-order valence-corrected chi connectivity index (χ4v) is 1.92. The normalized spacial score (nSPS) is 12.1. The van der Waals surface area contributed by atoms with Crippen molar-refractivity contribution >= 4 is 6.29 Å². The van der Waals surface area contributed by atoms with E-state index in [-0.39, 0.29) is 5.92 Å². The van der Waals surface area contributed by atoms with Crippen molar-refractivity contribution in [1.29, 1.82) is 0 Å². The van der Waals surface area contributed by atoms with Gasteiger partial charge in [-0.1, -0.05) is 49.4 Å². The van der Waals surface area contributed by atoms with Crippen LogP contribution in [0.2, 0.25) is 0 Å². The molecule has 0 saturated carbocycles. The molecule has 0 fully saturated rings. The Balaban J connectivity index is 2.25. The molecular formula is C16H15O2. The maximum absolute atomic E-state index is 10.7. The predicted octanol–water partition coefficient (Wildman–Crippen LogP) is 3.20. The van der Waals surface area contributed by atoms with Gasteiger partial charge in [0.05, 0.1) is 0 Å². The largest absolute Gasteiger partial charge is 0.508 e. The Morgan fingerprint density at radius 1 is 1.17 bits per heavy atom. The first kappa shape index (κ1) is 12.4. The molecule has 0 bridgehead atoms. The summed E-state index contributed by atoms with van der Waals surface area (Å²) < 4.78 is 0. The van der Waals surface area contributed by atoms with Crippen molar-refractivity contribution < 1.29 is 9.90 Å². The molecule has 0 spiro atoms. The molecule has 0 aliphatic heterocycles. The minimum absolute atomic E-state index is 0.214. The Hall–Kier alpha value is -2.09. The zero-order valence-electron chi connectivity index (χ0n) is 10.3. The lowest BCUT2D eigenvalue weighted by atomic mass is 9.97. The lowest BCUT2D eigenvalue weighted by Gasteiger charge is -2.08. The lowest BCUT2D eigenvalue weighted by molar-refractivity contribution is 0.469. The molecule has 2 aromatic carbocycles. The van der Waals surface area contributed by atoms with Crippen molar-refractivity contribution in [3.05, 3.63) is 65.2 Å². The number of hydrogen-bond donors (Lipinski definition) is 1. The van der Waals surface area contributed by atoms with E-state index in [4.69, 9.17) is 0 Å². The number of benzene rings is 2. The van der Waals surface area contributed by atoms with Crippen LogP contribution in [0, 0.1) is 0 Å². The third-order valence-electron chi connectivity index (χ3n) is 3.01. The molecule has 18 heavy (non-hydrogen) atoms. The summed E-state index contributed by atoms with van der Waals surface area (Å²) in [6.07, 6.45) is 2.64. The topological polar surface area (TPSA) is 37.3 Å². The Kier molecular flexibility index (Phi) is 3.78. The third kappa shape index (κ3) is 2.77. The van der Waals surface area contributed by atoms with Crippen LogP contribution >= 0.6 is 0 Å². The maximum atomic E-state index is 10.7. The molecule has 91 valence electrons. The zero-order valence-corrected chi connectivity index (χ0v) is 10.3. The Morgan fingerprint density at radius 2 is 1.94 bits per heavy atom. The summed E-state index contributed by atoms with van der Waals surface area (Å²) in [7, 11) is 0. The maximum Gasteiger partial charge on any atom is 0.206 e. The number of hydrogen-bond acceptors (Lipinski definition) is 2. The van der Waals surface area contributed by atoms with Crippen LogP contribution < -0.4 is 0 Å². The van der Waals surface area contributed by atoms with Crippen molar-refractivity contribution in [2.75, 3.05) is 0 Å². The molecule has 1 atom stereocenters. The number of rotatable bonds is 4. The molecule has 2 heteroatoms. The van der Waals surface area contributed by atoms with Gasteiger partial charge in [0.15, 0.2) is 0 Å². The van der Waals surface area contributed by atoms with E-state index in [1.807, 2.05) is 49.6 Å². The van der Waals surface area contributed by atoms with Gasteiger partial charge in [-0.15, -0.1) is 0 Å². The van der Waals surface area contributed by atoms with Crippen LogP contribution in [-0.2, 0) is 11.2 Å². The highest BCUT2D eigenvalue weighted by Gasteiger charge is 2.06. The minimum Gasteiger partial charge on any atom is -0.508 e.